The molecule has 1 spiro atoms. The number of benzene rings is 1. The maximum absolute atomic E-state index is 13.1. The fourth-order valence-electron chi connectivity index (χ4n) is 6.96. The number of phenols is 2. The van der Waals surface area contributed by atoms with E-state index in [-0.39, 0.29) is 63.2 Å². The number of alkyl halides is 1. The van der Waals surface area contributed by atoms with Crippen LogP contribution in [0.4, 0.5) is 5.69 Å². The molecule has 4 bridgehead atoms. The van der Waals surface area contributed by atoms with Crippen LogP contribution in [0.25, 0.3) is 0 Å². The maximum Gasteiger partial charge on any atom is 0.224 e. The van der Waals surface area contributed by atoms with Gasteiger partial charge in [0.1, 0.15) is 17.2 Å². The SMILES string of the molecule is Cc1ccc(O)c(NC(=O)CC[C@]2(C)C(=O)C=CC34CC5[C@H](Br)C(OC5(C)C3)C42)c1O. The number of amides is 1. The number of aryl methyl sites for hydroxylation is 1. The van der Waals surface area contributed by atoms with Gasteiger partial charge in [-0.15, -0.1) is 0 Å². The van der Waals surface area contributed by atoms with Crippen molar-refractivity contribution < 1.29 is 24.5 Å². The average molecular weight is 490 g/mol. The summed E-state index contributed by atoms with van der Waals surface area (Å²) in [7, 11) is 0. The monoisotopic (exact) mass is 489 g/mol. The van der Waals surface area contributed by atoms with E-state index in [1.54, 1.807) is 19.1 Å². The zero-order valence-corrected chi connectivity index (χ0v) is 19.5. The highest BCUT2D eigenvalue weighted by Gasteiger charge is 2.74. The molecule has 1 amide bonds. The number of carbonyl (C=O) groups excluding carboxylic acids is 2. The first-order chi connectivity index (χ1) is 14.5. The molecular weight excluding hydrogens is 462 g/mol. The van der Waals surface area contributed by atoms with E-state index in [0.29, 0.717) is 17.9 Å². The first-order valence-electron chi connectivity index (χ1n) is 10.9. The van der Waals surface area contributed by atoms with E-state index in [0.717, 1.165) is 12.8 Å². The molecule has 3 aliphatic carbocycles. The molecule has 6 nitrogen and oxygen atoms in total. The third kappa shape index (κ3) is 2.78. The Labute approximate surface area is 190 Å². The number of nitrogens with one attached hydrogen (secondary N) is 1. The molecule has 0 aromatic heterocycles. The average Bonchev–Trinajstić information content (AvgIpc) is 3.05. The molecule has 166 valence electrons. The summed E-state index contributed by atoms with van der Waals surface area (Å²) in [6.45, 7) is 5.85. The van der Waals surface area contributed by atoms with Gasteiger partial charge in [0, 0.05) is 28.5 Å². The number of phenolic OH excluding ortho intramolecular Hbond substituents is 2. The summed E-state index contributed by atoms with van der Waals surface area (Å²) in [5.41, 5.74) is -0.356. The molecule has 0 radical (unpaired) electrons. The minimum Gasteiger partial charge on any atom is -0.506 e. The van der Waals surface area contributed by atoms with Crippen LogP contribution in [-0.4, -0.2) is 38.4 Å². The zero-order chi connectivity index (χ0) is 22.3. The van der Waals surface area contributed by atoms with E-state index in [2.05, 4.69) is 34.2 Å². The number of hydrogen-bond donors (Lipinski definition) is 3. The van der Waals surface area contributed by atoms with Crippen molar-refractivity contribution >= 4 is 33.3 Å². The Morgan fingerprint density at radius 2 is 2.06 bits per heavy atom. The van der Waals surface area contributed by atoms with Gasteiger partial charge in [-0.1, -0.05) is 35.0 Å². The minimum absolute atomic E-state index is 0.0106. The lowest BCUT2D eigenvalue weighted by Crippen LogP contribution is -2.58. The van der Waals surface area contributed by atoms with Crippen LogP contribution in [0.15, 0.2) is 24.3 Å². The number of hydrogen-bond acceptors (Lipinski definition) is 5. The first-order valence-corrected chi connectivity index (χ1v) is 11.8. The van der Waals surface area contributed by atoms with Crippen molar-refractivity contribution in [3.8, 4) is 11.5 Å². The summed E-state index contributed by atoms with van der Waals surface area (Å²) in [4.78, 5) is 26.1. The molecule has 4 fully saturated rings. The fourth-order valence-corrected chi connectivity index (χ4v) is 8.12. The minimum atomic E-state index is -0.712. The zero-order valence-electron chi connectivity index (χ0n) is 17.9. The number of carbonyl (C=O) groups is 2. The molecule has 2 saturated carbocycles. The maximum atomic E-state index is 13.1. The van der Waals surface area contributed by atoms with Gasteiger partial charge in [-0.2, -0.15) is 0 Å². The highest BCUT2D eigenvalue weighted by atomic mass is 79.9. The van der Waals surface area contributed by atoms with Crippen molar-refractivity contribution in [3.05, 3.63) is 29.8 Å². The standard InChI is InChI=1S/C24H28BrNO5/c1-12-4-5-14(27)18(19(12)30)26-16(29)7-8-22(2)15(28)6-9-24-10-13-17(25)20(21(22)24)31-23(13,3)11-24/h4-6,9,13,17,20-21,27,30H,7-8,10-11H2,1-3H3,(H,26,29)/t13?,17-,20?,21?,22+,23?,24?/m0/s1. The second kappa shape index (κ2) is 6.58. The Morgan fingerprint density at radius 3 is 2.77 bits per heavy atom. The van der Waals surface area contributed by atoms with E-state index in [9.17, 15) is 19.8 Å². The number of halogens is 1. The highest BCUT2D eigenvalue weighted by molar-refractivity contribution is 9.09. The van der Waals surface area contributed by atoms with Crippen LogP contribution in [0, 0.1) is 29.6 Å². The van der Waals surface area contributed by atoms with E-state index in [4.69, 9.17) is 4.74 Å². The number of ether oxygens (including phenoxy) is 1. The molecule has 3 N–H and O–H groups in total. The van der Waals surface area contributed by atoms with Gasteiger partial charge in [0.15, 0.2) is 5.78 Å². The lowest BCUT2D eigenvalue weighted by atomic mass is 9.51. The quantitative estimate of drug-likeness (QED) is 0.434. The normalized spacial score (nSPS) is 42.1. The Morgan fingerprint density at radius 1 is 1.32 bits per heavy atom. The third-order valence-electron chi connectivity index (χ3n) is 8.43. The summed E-state index contributed by atoms with van der Waals surface area (Å²) in [6, 6.07) is 3.01. The summed E-state index contributed by atoms with van der Waals surface area (Å²) >= 11 is 3.87. The van der Waals surface area contributed by atoms with Crippen molar-refractivity contribution in [2.45, 2.75) is 63.0 Å². The van der Waals surface area contributed by atoms with Crippen LogP contribution >= 0.6 is 15.9 Å². The molecule has 7 heteroatoms. The van der Waals surface area contributed by atoms with E-state index in [1.165, 1.54) is 6.07 Å². The van der Waals surface area contributed by atoms with Crippen LogP contribution in [0.1, 0.15) is 45.1 Å². The molecule has 31 heavy (non-hydrogen) atoms. The van der Waals surface area contributed by atoms with Gasteiger partial charge in [-0.05, 0) is 56.2 Å². The van der Waals surface area contributed by atoms with Crippen LogP contribution < -0.4 is 5.32 Å². The molecule has 1 aromatic carbocycles. The second-order valence-electron chi connectivity index (χ2n) is 10.3. The van der Waals surface area contributed by atoms with Gasteiger partial charge in [0.05, 0.1) is 11.7 Å². The van der Waals surface area contributed by atoms with Crippen molar-refractivity contribution in [1.29, 1.82) is 0 Å². The fraction of sp³-hybridized carbons (Fsp3) is 0.583. The largest absolute Gasteiger partial charge is 0.506 e. The molecule has 5 unspecified atom stereocenters. The Hall–Kier alpha value is -1.86. The van der Waals surface area contributed by atoms with Crippen LogP contribution in [0.2, 0.25) is 0 Å². The number of anilines is 1. The second-order valence-corrected chi connectivity index (χ2v) is 11.4. The predicted octanol–water partition coefficient (Wildman–Crippen LogP) is 4.22. The van der Waals surface area contributed by atoms with Gasteiger partial charge in [0.2, 0.25) is 5.91 Å². The first kappa shape index (κ1) is 21.0. The lowest BCUT2D eigenvalue weighted by molar-refractivity contribution is -0.168. The Kier molecular flexibility index (Phi) is 4.46. The highest BCUT2D eigenvalue weighted by Crippen LogP contribution is 2.72. The van der Waals surface area contributed by atoms with Gasteiger partial charge in [-0.3, -0.25) is 9.59 Å². The molecule has 2 heterocycles. The van der Waals surface area contributed by atoms with Gasteiger partial charge >= 0.3 is 0 Å². The van der Waals surface area contributed by atoms with Crippen LogP contribution in [0.5, 0.6) is 11.5 Å². The topological polar surface area (TPSA) is 95.9 Å². The molecule has 6 rings (SSSR count). The number of ketones is 1. The van der Waals surface area contributed by atoms with Crippen LogP contribution in [-0.2, 0) is 14.3 Å². The van der Waals surface area contributed by atoms with Gasteiger partial charge < -0.3 is 20.3 Å². The van der Waals surface area contributed by atoms with E-state index in [1.807, 2.05) is 6.92 Å². The summed E-state index contributed by atoms with van der Waals surface area (Å²) in [6.07, 6.45) is 6.19. The molecule has 2 aliphatic heterocycles. The smallest absolute Gasteiger partial charge is 0.224 e. The van der Waals surface area contributed by atoms with Crippen molar-refractivity contribution in [3.63, 3.8) is 0 Å². The third-order valence-corrected chi connectivity index (χ3v) is 9.58. The van der Waals surface area contributed by atoms with Crippen molar-refractivity contribution in [2.75, 3.05) is 5.32 Å². The van der Waals surface area contributed by atoms with Gasteiger partial charge in [0.25, 0.3) is 0 Å². The molecule has 5 aliphatic rings. The van der Waals surface area contributed by atoms with Crippen LogP contribution in [0.3, 0.4) is 0 Å². The number of aromatic hydroxyl groups is 2. The van der Waals surface area contributed by atoms with Crippen molar-refractivity contribution in [2.24, 2.45) is 22.7 Å². The number of allylic oxidation sites excluding steroid dienone is 2. The lowest BCUT2D eigenvalue weighted by Gasteiger charge is -2.56. The number of rotatable bonds is 4. The molecule has 7 atom stereocenters. The predicted molar refractivity (Wildman–Crippen MR) is 119 cm³/mol. The summed E-state index contributed by atoms with van der Waals surface area (Å²) in [5.74, 6) is -0.188. The van der Waals surface area contributed by atoms with Crippen molar-refractivity contribution in [1.82, 2.24) is 0 Å². The molecule has 2 saturated heterocycles. The van der Waals surface area contributed by atoms with E-state index < -0.39 is 5.41 Å². The summed E-state index contributed by atoms with van der Waals surface area (Å²) < 4.78 is 6.51. The summed E-state index contributed by atoms with van der Waals surface area (Å²) in [5, 5.41) is 22.9. The Bertz CT molecular complexity index is 1020. The molecule has 1 aromatic rings. The van der Waals surface area contributed by atoms with E-state index >= 15 is 0 Å². The molecular formula is C24H28BrNO5. The van der Waals surface area contributed by atoms with Gasteiger partial charge in [-0.25, -0.2) is 0 Å². The Balaban J connectivity index is 1.38.